The summed E-state index contributed by atoms with van der Waals surface area (Å²) in [5.74, 6) is -0.427. The molecule has 33 heavy (non-hydrogen) atoms. The van der Waals surface area contributed by atoms with Crippen LogP contribution in [0.25, 0.3) is 0 Å². The van der Waals surface area contributed by atoms with Gasteiger partial charge in [0.25, 0.3) is 0 Å². The van der Waals surface area contributed by atoms with Gasteiger partial charge in [-0.25, -0.2) is 0 Å². The lowest BCUT2D eigenvalue weighted by Crippen LogP contribution is -2.37. The zero-order valence-electron chi connectivity index (χ0n) is 19.3. The monoisotopic (exact) mass is 444 g/mol. The zero-order chi connectivity index (χ0) is 23.2. The Morgan fingerprint density at radius 1 is 1.18 bits per heavy atom. The maximum Gasteiger partial charge on any atom is 0.303 e. The molecule has 6 heteroatoms. The van der Waals surface area contributed by atoms with Crippen LogP contribution in [0.5, 0.6) is 0 Å². The van der Waals surface area contributed by atoms with Gasteiger partial charge in [-0.3, -0.25) is 14.8 Å². The number of nitrogens with one attached hydrogen (secondary N) is 2. The second kappa shape index (κ2) is 10.6. The summed E-state index contributed by atoms with van der Waals surface area (Å²) in [7, 11) is 0. The molecule has 0 saturated heterocycles. The van der Waals surface area contributed by atoms with Crippen molar-refractivity contribution in [3.05, 3.63) is 88.5 Å². The summed E-state index contributed by atoms with van der Waals surface area (Å²) in [6.45, 7) is 5.82. The molecule has 4 rings (SSSR count). The average Bonchev–Trinajstić information content (AvgIpc) is 2.82. The largest absolute Gasteiger partial charge is 0.481 e. The number of carboxylic acids is 1. The summed E-state index contributed by atoms with van der Waals surface area (Å²) in [6.07, 6.45) is 4.26. The van der Waals surface area contributed by atoms with Crippen LogP contribution >= 0.6 is 0 Å². The number of anilines is 1. The minimum Gasteiger partial charge on any atom is -0.481 e. The molecule has 2 atom stereocenters. The maximum atomic E-state index is 10.9. The van der Waals surface area contributed by atoms with Crippen LogP contribution < -0.4 is 10.6 Å². The topological polar surface area (TPSA) is 87.1 Å². The number of carboxylic acid groups (broad SMARTS) is 1. The first-order valence-electron chi connectivity index (χ1n) is 11.6. The van der Waals surface area contributed by atoms with Crippen LogP contribution in [0.1, 0.15) is 46.2 Å². The van der Waals surface area contributed by atoms with Crippen molar-refractivity contribution < 1.29 is 9.90 Å². The van der Waals surface area contributed by atoms with E-state index in [9.17, 15) is 4.79 Å². The maximum absolute atomic E-state index is 10.9. The average molecular weight is 445 g/mol. The van der Waals surface area contributed by atoms with E-state index in [0.717, 1.165) is 54.3 Å². The number of carbonyl (C=O) groups is 1. The first-order chi connectivity index (χ1) is 16.0. The van der Waals surface area contributed by atoms with Crippen molar-refractivity contribution in [3.8, 4) is 0 Å². The van der Waals surface area contributed by atoms with Crippen molar-refractivity contribution >= 4 is 11.7 Å². The molecule has 6 nitrogen and oxygen atoms in total. The molecule has 1 aromatic carbocycles. The summed E-state index contributed by atoms with van der Waals surface area (Å²) in [6, 6.07) is 17.1. The minimum atomic E-state index is -0.783. The lowest BCUT2D eigenvalue weighted by atomic mass is 9.86. The summed E-state index contributed by atoms with van der Waals surface area (Å²) >= 11 is 0. The van der Waals surface area contributed by atoms with Gasteiger partial charge in [0.05, 0.1) is 11.4 Å². The second-order valence-electron chi connectivity index (χ2n) is 8.87. The first-order valence-corrected chi connectivity index (χ1v) is 11.6. The fourth-order valence-electron chi connectivity index (χ4n) is 4.60. The highest BCUT2D eigenvalue weighted by Gasteiger charge is 2.28. The number of pyridine rings is 2. The van der Waals surface area contributed by atoms with Gasteiger partial charge in [0.15, 0.2) is 0 Å². The molecule has 0 amide bonds. The number of aromatic nitrogens is 2. The van der Waals surface area contributed by atoms with Gasteiger partial charge in [-0.15, -0.1) is 0 Å². The predicted octanol–water partition coefficient (Wildman–Crippen LogP) is 4.27. The molecule has 3 N–H and O–H groups in total. The van der Waals surface area contributed by atoms with Crippen LogP contribution in [-0.2, 0) is 24.1 Å². The molecule has 0 spiro atoms. The minimum absolute atomic E-state index is 0.124. The van der Waals surface area contributed by atoms with Crippen LogP contribution in [0.2, 0.25) is 0 Å². The number of hydrogen-bond acceptors (Lipinski definition) is 5. The molecule has 0 radical (unpaired) electrons. The fraction of sp³-hybridized carbons (Fsp3) is 0.370. The number of fused-ring (bicyclic) bond motifs is 1. The summed E-state index contributed by atoms with van der Waals surface area (Å²) in [5.41, 5.74) is 7.75. The molecule has 0 bridgehead atoms. The molecule has 0 unspecified atom stereocenters. The van der Waals surface area contributed by atoms with E-state index in [2.05, 4.69) is 76.1 Å². The molecular weight excluding hydrogens is 412 g/mol. The quantitative estimate of drug-likeness (QED) is 0.457. The number of nitrogens with zero attached hydrogens (tertiary/aromatic N) is 2. The van der Waals surface area contributed by atoms with Crippen LogP contribution in [0.3, 0.4) is 0 Å². The molecule has 0 fully saturated rings. The van der Waals surface area contributed by atoms with Crippen LogP contribution in [0.15, 0.2) is 54.7 Å². The number of hydrogen-bond donors (Lipinski definition) is 3. The molecular formula is C27H32N4O2. The van der Waals surface area contributed by atoms with Gasteiger partial charge in [0.1, 0.15) is 0 Å². The van der Waals surface area contributed by atoms with Gasteiger partial charge in [-0.2, -0.15) is 0 Å². The van der Waals surface area contributed by atoms with Crippen molar-refractivity contribution in [3.63, 3.8) is 0 Å². The van der Waals surface area contributed by atoms with Crippen molar-refractivity contribution in [2.45, 2.75) is 45.6 Å². The van der Waals surface area contributed by atoms with Gasteiger partial charge in [0.2, 0.25) is 0 Å². The fourth-order valence-corrected chi connectivity index (χ4v) is 4.60. The molecule has 2 aromatic heterocycles. The number of benzene rings is 1. The zero-order valence-corrected chi connectivity index (χ0v) is 19.3. The molecule has 1 aliphatic heterocycles. The van der Waals surface area contributed by atoms with Gasteiger partial charge in [-0.05, 0) is 68.5 Å². The third-order valence-corrected chi connectivity index (χ3v) is 6.39. The Morgan fingerprint density at radius 3 is 2.76 bits per heavy atom. The van der Waals surface area contributed by atoms with E-state index in [-0.39, 0.29) is 12.5 Å². The van der Waals surface area contributed by atoms with Gasteiger partial charge < -0.3 is 15.7 Å². The van der Waals surface area contributed by atoms with Crippen molar-refractivity contribution in [2.75, 3.05) is 18.4 Å². The summed E-state index contributed by atoms with van der Waals surface area (Å²) < 4.78 is 0. The van der Waals surface area contributed by atoms with E-state index < -0.39 is 5.97 Å². The van der Waals surface area contributed by atoms with E-state index >= 15 is 0 Å². The highest BCUT2D eigenvalue weighted by Crippen LogP contribution is 2.32. The lowest BCUT2D eigenvalue weighted by molar-refractivity contribution is -0.136. The Balaban J connectivity index is 1.46. The molecule has 3 aromatic rings. The van der Waals surface area contributed by atoms with Gasteiger partial charge in [-0.1, -0.05) is 36.4 Å². The van der Waals surface area contributed by atoms with Crippen LogP contribution in [0.4, 0.5) is 5.69 Å². The van der Waals surface area contributed by atoms with Crippen molar-refractivity contribution in [1.29, 1.82) is 0 Å². The molecule has 0 aliphatic carbocycles. The molecule has 1 aliphatic rings. The Labute approximate surface area is 195 Å². The molecule has 172 valence electrons. The summed E-state index contributed by atoms with van der Waals surface area (Å²) in [5, 5.41) is 16.3. The van der Waals surface area contributed by atoms with Crippen LogP contribution in [0, 0.1) is 19.8 Å². The summed E-state index contributed by atoms with van der Waals surface area (Å²) in [4.78, 5) is 20.2. The highest BCUT2D eigenvalue weighted by atomic mass is 16.4. The third kappa shape index (κ3) is 5.96. The Morgan fingerprint density at radius 2 is 2.00 bits per heavy atom. The smallest absolute Gasteiger partial charge is 0.303 e. The van der Waals surface area contributed by atoms with Gasteiger partial charge in [0, 0.05) is 42.5 Å². The normalized spacial score (nSPS) is 16.0. The highest BCUT2D eigenvalue weighted by molar-refractivity contribution is 5.67. The Bertz CT molecular complexity index is 1100. The SMILES string of the molecule is Cc1ccc(CCN[C@H](c2ccccc2)[C@H]2CNc3cc(CCC(=O)O)cnc3C2)c(C)n1. The van der Waals surface area contributed by atoms with E-state index in [1.807, 2.05) is 13.1 Å². The Hall–Kier alpha value is -3.25. The van der Waals surface area contributed by atoms with E-state index in [4.69, 9.17) is 5.11 Å². The van der Waals surface area contributed by atoms with Gasteiger partial charge >= 0.3 is 5.97 Å². The van der Waals surface area contributed by atoms with E-state index in [1.54, 1.807) is 0 Å². The molecule has 0 saturated carbocycles. The first kappa shape index (κ1) is 22.9. The third-order valence-electron chi connectivity index (χ3n) is 6.39. The lowest BCUT2D eigenvalue weighted by Gasteiger charge is -2.33. The van der Waals surface area contributed by atoms with E-state index in [0.29, 0.717) is 12.3 Å². The Kier molecular flexibility index (Phi) is 7.35. The molecule has 3 heterocycles. The number of aryl methyl sites for hydroxylation is 3. The number of rotatable bonds is 9. The standard InChI is InChI=1S/C27H32N4O2/c1-18-8-10-21(19(2)31-18)12-13-28-27(22-6-4-3-5-7-22)23-15-25-24(30-17-23)14-20(16-29-25)9-11-26(32)33/h3-8,10,14,16,23,27-28,30H,9,11-13,15,17H2,1-2H3,(H,32,33)/t23-,27-/m1/s1. The van der Waals surface area contributed by atoms with Crippen LogP contribution in [-0.4, -0.2) is 34.1 Å². The number of aliphatic carboxylic acids is 1. The van der Waals surface area contributed by atoms with Crippen molar-refractivity contribution in [1.82, 2.24) is 15.3 Å². The van der Waals surface area contributed by atoms with E-state index in [1.165, 1.54) is 11.1 Å². The second-order valence-corrected chi connectivity index (χ2v) is 8.87. The predicted molar refractivity (Wildman–Crippen MR) is 130 cm³/mol. The van der Waals surface area contributed by atoms with Crippen molar-refractivity contribution in [2.24, 2.45) is 5.92 Å².